The Morgan fingerprint density at radius 3 is 2.41 bits per heavy atom. The van der Waals surface area contributed by atoms with Gasteiger partial charge in [0.05, 0.1) is 4.90 Å². The first-order valence-electron chi connectivity index (χ1n) is 9.10. The van der Waals surface area contributed by atoms with E-state index in [0.29, 0.717) is 17.4 Å². The number of aryl methyl sites for hydroxylation is 1. The van der Waals surface area contributed by atoms with Gasteiger partial charge < -0.3 is 10.6 Å². The predicted octanol–water partition coefficient (Wildman–Crippen LogP) is 3.26. The number of sulfone groups is 1. The van der Waals surface area contributed by atoms with Crippen LogP contribution in [0.4, 0.5) is 0 Å². The van der Waals surface area contributed by atoms with Crippen LogP contribution in [-0.4, -0.2) is 34.2 Å². The van der Waals surface area contributed by atoms with E-state index < -0.39 is 9.84 Å². The van der Waals surface area contributed by atoms with E-state index in [4.69, 9.17) is 0 Å². The fourth-order valence-corrected chi connectivity index (χ4v) is 3.96. The molecule has 2 aromatic carbocycles. The van der Waals surface area contributed by atoms with E-state index in [1.54, 1.807) is 13.1 Å². The molecule has 1 atom stereocenters. The Morgan fingerprint density at radius 2 is 1.81 bits per heavy atom. The third kappa shape index (κ3) is 6.40. The summed E-state index contributed by atoms with van der Waals surface area (Å²) >= 11 is 0. The van der Waals surface area contributed by atoms with Crippen LogP contribution >= 0.6 is 0 Å². The summed E-state index contributed by atoms with van der Waals surface area (Å²) in [6.07, 6.45) is 2.24. The van der Waals surface area contributed by atoms with E-state index in [2.05, 4.69) is 46.8 Å². The van der Waals surface area contributed by atoms with Crippen LogP contribution in [0.15, 0.2) is 58.4 Å². The minimum Gasteiger partial charge on any atom is -0.356 e. The monoisotopic (exact) mass is 387 g/mol. The topological polar surface area (TPSA) is 70.6 Å². The van der Waals surface area contributed by atoms with E-state index in [-0.39, 0.29) is 0 Å². The van der Waals surface area contributed by atoms with Crippen molar-refractivity contribution in [2.24, 2.45) is 4.99 Å². The molecule has 0 aromatic heterocycles. The number of nitrogens with zero attached hydrogens (tertiary/aromatic N) is 1. The number of nitrogens with one attached hydrogen (secondary N) is 2. The molecule has 0 aliphatic carbocycles. The van der Waals surface area contributed by atoms with Gasteiger partial charge in [-0.3, -0.25) is 4.99 Å². The summed E-state index contributed by atoms with van der Waals surface area (Å²) in [6, 6.07) is 15.9. The highest BCUT2D eigenvalue weighted by Crippen LogP contribution is 2.18. The summed E-state index contributed by atoms with van der Waals surface area (Å²) in [5.41, 5.74) is 3.11. The lowest BCUT2D eigenvalue weighted by Crippen LogP contribution is -2.37. The normalized spacial score (nSPS) is 13.3. The van der Waals surface area contributed by atoms with Crippen molar-refractivity contribution < 1.29 is 8.42 Å². The van der Waals surface area contributed by atoms with E-state index in [9.17, 15) is 8.42 Å². The number of rotatable bonds is 7. The SMILES string of the molecule is CN=C(NCCC(C)c1ccccc1)NCc1ccc(S(C)(=O)=O)c(C)c1. The number of benzene rings is 2. The van der Waals surface area contributed by atoms with Crippen LogP contribution in [0.5, 0.6) is 0 Å². The molecule has 0 spiro atoms. The van der Waals surface area contributed by atoms with E-state index in [1.807, 2.05) is 25.1 Å². The van der Waals surface area contributed by atoms with Crippen molar-refractivity contribution in [2.45, 2.75) is 37.6 Å². The average molecular weight is 388 g/mol. The lowest BCUT2D eigenvalue weighted by molar-refractivity contribution is 0.601. The smallest absolute Gasteiger partial charge is 0.191 e. The molecule has 0 radical (unpaired) electrons. The summed E-state index contributed by atoms with van der Waals surface area (Å²) in [5.74, 6) is 1.21. The molecular formula is C21H29N3O2S. The molecule has 0 heterocycles. The van der Waals surface area contributed by atoms with Gasteiger partial charge in [-0.25, -0.2) is 8.42 Å². The van der Waals surface area contributed by atoms with E-state index >= 15 is 0 Å². The molecule has 2 rings (SSSR count). The van der Waals surface area contributed by atoms with Crippen molar-refractivity contribution in [2.75, 3.05) is 19.8 Å². The molecule has 2 N–H and O–H groups in total. The lowest BCUT2D eigenvalue weighted by Gasteiger charge is -2.15. The van der Waals surface area contributed by atoms with Gasteiger partial charge in [0, 0.05) is 26.4 Å². The molecule has 1 unspecified atom stereocenters. The second kappa shape index (κ2) is 9.55. The number of guanidine groups is 1. The van der Waals surface area contributed by atoms with Gasteiger partial charge in [-0.1, -0.05) is 49.4 Å². The van der Waals surface area contributed by atoms with E-state index in [0.717, 1.165) is 30.1 Å². The molecule has 27 heavy (non-hydrogen) atoms. The second-order valence-corrected chi connectivity index (χ2v) is 8.81. The second-order valence-electron chi connectivity index (χ2n) is 6.82. The fraction of sp³-hybridized carbons (Fsp3) is 0.381. The maximum Gasteiger partial charge on any atom is 0.191 e. The standard InChI is InChI=1S/C21H29N3O2S/c1-16(19-8-6-5-7-9-19)12-13-23-21(22-3)24-15-18-10-11-20(17(2)14-18)27(4,25)26/h5-11,14,16H,12-13,15H2,1-4H3,(H2,22,23,24). The third-order valence-corrected chi connectivity index (χ3v) is 5.82. The van der Waals surface area contributed by atoms with Gasteiger partial charge >= 0.3 is 0 Å². The maximum atomic E-state index is 11.7. The minimum absolute atomic E-state index is 0.378. The number of hydrogen-bond donors (Lipinski definition) is 2. The Kier molecular flexibility index (Phi) is 7.42. The van der Waals surface area contributed by atoms with Crippen LogP contribution in [0, 0.1) is 6.92 Å². The highest BCUT2D eigenvalue weighted by Gasteiger charge is 2.11. The first-order chi connectivity index (χ1) is 12.8. The van der Waals surface area contributed by atoms with Crippen molar-refractivity contribution >= 4 is 15.8 Å². The van der Waals surface area contributed by atoms with Crippen molar-refractivity contribution in [1.82, 2.24) is 10.6 Å². The first kappa shape index (κ1) is 21.0. The summed E-state index contributed by atoms with van der Waals surface area (Å²) in [4.78, 5) is 4.63. The van der Waals surface area contributed by atoms with Crippen molar-refractivity contribution in [1.29, 1.82) is 0 Å². The predicted molar refractivity (Wildman–Crippen MR) is 112 cm³/mol. The van der Waals surface area contributed by atoms with E-state index in [1.165, 1.54) is 11.8 Å². The van der Waals surface area contributed by atoms with Crippen LogP contribution in [-0.2, 0) is 16.4 Å². The van der Waals surface area contributed by atoms with Gasteiger partial charge in [-0.05, 0) is 42.0 Å². The molecule has 0 amide bonds. The highest BCUT2D eigenvalue weighted by atomic mass is 32.2. The lowest BCUT2D eigenvalue weighted by atomic mass is 9.98. The summed E-state index contributed by atoms with van der Waals surface area (Å²) in [6.45, 7) is 5.44. The Labute approximate surface area is 162 Å². The molecule has 0 saturated heterocycles. The Morgan fingerprint density at radius 1 is 1.11 bits per heavy atom. The Bertz CT molecular complexity index is 878. The molecule has 146 valence electrons. The zero-order chi connectivity index (χ0) is 19.9. The molecule has 0 fully saturated rings. The Balaban J connectivity index is 1.84. The van der Waals surface area contributed by atoms with Gasteiger partial charge in [0.25, 0.3) is 0 Å². The summed E-state index contributed by atoms with van der Waals surface area (Å²) in [7, 11) is -1.44. The first-order valence-corrected chi connectivity index (χ1v) is 11.0. The van der Waals surface area contributed by atoms with Crippen molar-refractivity contribution in [3.63, 3.8) is 0 Å². The fourth-order valence-electron chi connectivity index (χ4n) is 3.00. The number of hydrogen-bond acceptors (Lipinski definition) is 3. The zero-order valence-corrected chi connectivity index (χ0v) is 17.3. The molecule has 5 nitrogen and oxygen atoms in total. The Hall–Kier alpha value is -2.34. The van der Waals surface area contributed by atoms with Crippen molar-refractivity contribution in [3.05, 3.63) is 65.2 Å². The molecule has 6 heteroatoms. The van der Waals surface area contributed by atoms with Crippen LogP contribution in [0.2, 0.25) is 0 Å². The molecule has 0 bridgehead atoms. The molecule has 0 aliphatic heterocycles. The summed E-state index contributed by atoms with van der Waals surface area (Å²) < 4.78 is 23.4. The van der Waals surface area contributed by atoms with Gasteiger partial charge in [0.15, 0.2) is 15.8 Å². The van der Waals surface area contributed by atoms with Gasteiger partial charge in [-0.15, -0.1) is 0 Å². The largest absolute Gasteiger partial charge is 0.356 e. The van der Waals surface area contributed by atoms with Gasteiger partial charge in [0.2, 0.25) is 0 Å². The highest BCUT2D eigenvalue weighted by molar-refractivity contribution is 7.90. The van der Waals surface area contributed by atoms with Gasteiger partial charge in [-0.2, -0.15) is 0 Å². The van der Waals surface area contributed by atoms with Crippen LogP contribution < -0.4 is 10.6 Å². The minimum atomic E-state index is -3.19. The van der Waals surface area contributed by atoms with Gasteiger partial charge in [0.1, 0.15) is 0 Å². The summed E-state index contributed by atoms with van der Waals surface area (Å²) in [5, 5.41) is 6.61. The molecule has 0 saturated carbocycles. The molecule has 0 aliphatic rings. The molecule has 2 aromatic rings. The quantitative estimate of drug-likeness (QED) is 0.565. The maximum absolute atomic E-state index is 11.7. The third-order valence-electron chi connectivity index (χ3n) is 4.56. The van der Waals surface area contributed by atoms with Crippen LogP contribution in [0.3, 0.4) is 0 Å². The van der Waals surface area contributed by atoms with Crippen LogP contribution in [0.25, 0.3) is 0 Å². The number of aliphatic imine (C=N–C) groups is 1. The van der Waals surface area contributed by atoms with Crippen molar-refractivity contribution in [3.8, 4) is 0 Å². The average Bonchev–Trinajstić information content (AvgIpc) is 2.64. The zero-order valence-electron chi connectivity index (χ0n) is 16.5. The molecular weight excluding hydrogens is 358 g/mol. The van der Waals surface area contributed by atoms with Crippen LogP contribution in [0.1, 0.15) is 36.0 Å².